The quantitative estimate of drug-likeness (QED) is 0.665. The average Bonchev–Trinajstić information content (AvgIpc) is 2.94. The van der Waals surface area contributed by atoms with Crippen molar-refractivity contribution >= 4 is 10.0 Å². The third kappa shape index (κ3) is 4.63. The third-order valence-corrected chi connectivity index (χ3v) is 7.04. The predicted molar refractivity (Wildman–Crippen MR) is 101 cm³/mol. The van der Waals surface area contributed by atoms with Gasteiger partial charge in [-0.3, -0.25) is 0 Å². The zero-order valence-electron chi connectivity index (χ0n) is 15.0. The van der Waals surface area contributed by atoms with Gasteiger partial charge in [0, 0.05) is 19.7 Å². The Morgan fingerprint density at radius 1 is 1.04 bits per heavy atom. The smallest absolute Gasteiger partial charge is 0.217 e. The molecule has 140 valence electrons. The van der Waals surface area contributed by atoms with Crippen molar-refractivity contribution in [3.8, 4) is 5.75 Å². The molecule has 0 saturated carbocycles. The second-order valence-electron chi connectivity index (χ2n) is 6.46. The maximum absolute atomic E-state index is 12.7. The molecule has 5 nitrogen and oxygen atoms in total. The summed E-state index contributed by atoms with van der Waals surface area (Å²) in [6, 6.07) is 17.4. The second-order valence-corrected chi connectivity index (χ2v) is 8.68. The van der Waals surface area contributed by atoms with Gasteiger partial charge in [0.15, 0.2) is 0 Å². The summed E-state index contributed by atoms with van der Waals surface area (Å²) < 4.78 is 37.8. The van der Waals surface area contributed by atoms with E-state index >= 15 is 0 Å². The summed E-state index contributed by atoms with van der Waals surface area (Å²) in [5.41, 5.74) is 2.07. The van der Waals surface area contributed by atoms with E-state index in [4.69, 9.17) is 9.47 Å². The Labute approximate surface area is 155 Å². The van der Waals surface area contributed by atoms with Crippen molar-refractivity contribution in [1.29, 1.82) is 0 Å². The maximum atomic E-state index is 12.7. The first-order chi connectivity index (χ1) is 12.6. The largest absolute Gasteiger partial charge is 0.497 e. The zero-order valence-corrected chi connectivity index (χ0v) is 15.8. The van der Waals surface area contributed by atoms with Crippen molar-refractivity contribution in [2.24, 2.45) is 0 Å². The molecule has 0 bridgehead atoms. The molecular formula is C20H25NO4S. The zero-order chi connectivity index (χ0) is 18.4. The Kier molecular flexibility index (Phi) is 6.29. The number of benzene rings is 2. The van der Waals surface area contributed by atoms with Gasteiger partial charge < -0.3 is 9.47 Å². The average molecular weight is 375 g/mol. The molecule has 0 aliphatic carbocycles. The Morgan fingerprint density at radius 3 is 2.46 bits per heavy atom. The van der Waals surface area contributed by atoms with Crippen LogP contribution in [0.25, 0.3) is 0 Å². The summed E-state index contributed by atoms with van der Waals surface area (Å²) in [4.78, 5) is 0. The normalized spacial score (nSPS) is 19.5. The Hall–Kier alpha value is -1.89. The van der Waals surface area contributed by atoms with Crippen LogP contribution >= 0.6 is 0 Å². The molecule has 6 heteroatoms. The van der Waals surface area contributed by atoms with Crippen LogP contribution in [0.5, 0.6) is 5.75 Å². The minimum atomic E-state index is -3.26. The second kappa shape index (κ2) is 8.66. The molecule has 2 aromatic carbocycles. The lowest BCUT2D eigenvalue weighted by Crippen LogP contribution is -2.29. The summed E-state index contributed by atoms with van der Waals surface area (Å²) in [5.74, 6) is 0.770. The highest BCUT2D eigenvalue weighted by Gasteiger charge is 2.38. The first-order valence-corrected chi connectivity index (χ1v) is 10.3. The predicted octanol–water partition coefficient (Wildman–Crippen LogP) is 3.21. The highest BCUT2D eigenvalue weighted by atomic mass is 32.2. The molecule has 0 spiro atoms. The third-order valence-electron chi connectivity index (χ3n) is 4.70. The standard InChI is InChI=1S/C20H25NO4S/c1-24-19-9-7-17(8-10-19)15-21-13-11-20(26(21,22)23)12-14-25-16-18-5-3-2-4-6-18/h2-10,20H,11-16H2,1H3. The van der Waals surface area contributed by atoms with Gasteiger partial charge in [-0.25, -0.2) is 8.42 Å². The number of rotatable bonds is 8. The first-order valence-electron chi connectivity index (χ1n) is 8.83. The molecule has 0 N–H and O–H groups in total. The lowest BCUT2D eigenvalue weighted by molar-refractivity contribution is 0.118. The monoisotopic (exact) mass is 375 g/mol. The van der Waals surface area contributed by atoms with Gasteiger partial charge in [0.2, 0.25) is 10.0 Å². The summed E-state index contributed by atoms with van der Waals surface area (Å²) >= 11 is 0. The highest BCUT2D eigenvalue weighted by molar-refractivity contribution is 7.90. The van der Waals surface area contributed by atoms with Crippen molar-refractivity contribution in [2.45, 2.75) is 31.2 Å². The van der Waals surface area contributed by atoms with E-state index < -0.39 is 10.0 Å². The van der Waals surface area contributed by atoms with Crippen LogP contribution in [0, 0.1) is 0 Å². The van der Waals surface area contributed by atoms with Gasteiger partial charge in [-0.2, -0.15) is 4.31 Å². The number of nitrogens with zero attached hydrogens (tertiary/aromatic N) is 1. The number of sulfonamides is 1. The van der Waals surface area contributed by atoms with E-state index in [0.717, 1.165) is 16.9 Å². The SMILES string of the molecule is COc1ccc(CN2CCC(CCOCc3ccccc3)S2(=O)=O)cc1. The molecule has 3 rings (SSSR count). The van der Waals surface area contributed by atoms with Crippen LogP contribution in [0.3, 0.4) is 0 Å². The molecule has 1 saturated heterocycles. The Morgan fingerprint density at radius 2 is 1.77 bits per heavy atom. The van der Waals surface area contributed by atoms with E-state index in [0.29, 0.717) is 39.1 Å². The summed E-state index contributed by atoms with van der Waals surface area (Å²) in [5, 5.41) is -0.350. The number of methoxy groups -OCH3 is 1. The molecule has 1 aliphatic rings. The number of hydrogen-bond donors (Lipinski definition) is 0. The lowest BCUT2D eigenvalue weighted by Gasteiger charge is -2.17. The summed E-state index contributed by atoms with van der Waals surface area (Å²) in [6.45, 7) is 1.95. The molecule has 1 heterocycles. The minimum Gasteiger partial charge on any atom is -0.497 e. The van der Waals surface area contributed by atoms with Crippen molar-refractivity contribution in [1.82, 2.24) is 4.31 Å². The molecule has 0 radical (unpaired) electrons. The van der Waals surface area contributed by atoms with E-state index in [9.17, 15) is 8.42 Å². The fraction of sp³-hybridized carbons (Fsp3) is 0.400. The maximum Gasteiger partial charge on any atom is 0.217 e. The van der Waals surface area contributed by atoms with Gasteiger partial charge in [-0.1, -0.05) is 42.5 Å². The van der Waals surface area contributed by atoms with Crippen molar-refractivity contribution < 1.29 is 17.9 Å². The van der Waals surface area contributed by atoms with Crippen molar-refractivity contribution in [2.75, 3.05) is 20.3 Å². The molecule has 0 aromatic heterocycles. The minimum absolute atomic E-state index is 0.350. The topological polar surface area (TPSA) is 55.8 Å². The van der Waals surface area contributed by atoms with Crippen molar-refractivity contribution in [3.63, 3.8) is 0 Å². The van der Waals surface area contributed by atoms with Gasteiger partial charge in [0.05, 0.1) is 19.0 Å². The highest BCUT2D eigenvalue weighted by Crippen LogP contribution is 2.27. The molecular weight excluding hydrogens is 350 g/mol. The van der Waals surface area contributed by atoms with Gasteiger partial charge in [-0.15, -0.1) is 0 Å². The fourth-order valence-electron chi connectivity index (χ4n) is 3.15. The number of ether oxygens (including phenoxy) is 2. The van der Waals surface area contributed by atoms with Crippen LogP contribution in [0.2, 0.25) is 0 Å². The van der Waals surface area contributed by atoms with Crippen LogP contribution in [-0.2, 0) is 27.9 Å². The first kappa shape index (κ1) is 18.9. The van der Waals surface area contributed by atoms with E-state index in [1.807, 2.05) is 54.6 Å². The van der Waals surface area contributed by atoms with Gasteiger partial charge in [-0.05, 0) is 36.1 Å². The van der Waals surface area contributed by atoms with Crippen LogP contribution in [0.1, 0.15) is 24.0 Å². The molecule has 1 unspecified atom stereocenters. The molecule has 0 amide bonds. The Balaban J connectivity index is 1.49. The summed E-state index contributed by atoms with van der Waals surface area (Å²) in [7, 11) is -1.65. The van der Waals surface area contributed by atoms with E-state index in [2.05, 4.69) is 0 Å². The van der Waals surface area contributed by atoms with Crippen LogP contribution in [0.4, 0.5) is 0 Å². The van der Waals surface area contributed by atoms with Crippen LogP contribution in [-0.4, -0.2) is 38.2 Å². The van der Waals surface area contributed by atoms with Crippen molar-refractivity contribution in [3.05, 3.63) is 65.7 Å². The van der Waals surface area contributed by atoms with E-state index in [1.54, 1.807) is 11.4 Å². The summed E-state index contributed by atoms with van der Waals surface area (Å²) in [6.07, 6.45) is 1.20. The Bertz CT molecular complexity index is 790. The molecule has 2 aromatic rings. The van der Waals surface area contributed by atoms with Crippen LogP contribution in [0.15, 0.2) is 54.6 Å². The van der Waals surface area contributed by atoms with Gasteiger partial charge >= 0.3 is 0 Å². The molecule has 1 aliphatic heterocycles. The molecule has 1 atom stereocenters. The van der Waals surface area contributed by atoms with E-state index in [-0.39, 0.29) is 5.25 Å². The van der Waals surface area contributed by atoms with Crippen LogP contribution < -0.4 is 4.74 Å². The fourth-order valence-corrected chi connectivity index (χ4v) is 5.06. The number of hydrogen-bond acceptors (Lipinski definition) is 4. The van der Waals surface area contributed by atoms with Gasteiger partial charge in [0.25, 0.3) is 0 Å². The molecule has 1 fully saturated rings. The lowest BCUT2D eigenvalue weighted by atomic mass is 10.2. The molecule has 26 heavy (non-hydrogen) atoms. The van der Waals surface area contributed by atoms with Gasteiger partial charge in [0.1, 0.15) is 5.75 Å². The van der Waals surface area contributed by atoms with E-state index in [1.165, 1.54) is 0 Å².